The van der Waals surface area contributed by atoms with Crippen molar-refractivity contribution in [1.29, 1.82) is 0 Å². The molecule has 0 aliphatic heterocycles. The van der Waals surface area contributed by atoms with Gasteiger partial charge in [0.2, 0.25) is 17.7 Å². The maximum Gasteiger partial charge on any atom is 0.325 e. The van der Waals surface area contributed by atoms with Crippen molar-refractivity contribution in [1.82, 2.24) is 16.0 Å². The predicted octanol–water partition coefficient (Wildman–Crippen LogP) is -1.57. The van der Waals surface area contributed by atoms with Crippen molar-refractivity contribution < 1.29 is 29.4 Å². The number of aliphatic hydroxyl groups excluding tert-OH is 1. The lowest BCUT2D eigenvalue weighted by molar-refractivity contribution is -0.142. The molecule has 0 aromatic rings. The minimum absolute atomic E-state index is 0.321. The van der Waals surface area contributed by atoms with Crippen molar-refractivity contribution in [3.05, 3.63) is 0 Å². The molecule has 0 aliphatic rings. The highest BCUT2D eigenvalue weighted by atomic mass is 16.4. The Labute approximate surface area is 177 Å². The molecule has 0 fully saturated rings. The van der Waals surface area contributed by atoms with Crippen LogP contribution >= 0.6 is 0 Å². The first kappa shape index (κ1) is 27.8. The molecule has 0 aliphatic carbocycles. The molecule has 0 aromatic heterocycles. The molecule has 30 heavy (non-hydrogen) atoms. The highest BCUT2D eigenvalue weighted by Crippen LogP contribution is 2.10. The third-order valence-corrected chi connectivity index (χ3v) is 4.89. The summed E-state index contributed by atoms with van der Waals surface area (Å²) in [7, 11) is 0. The second-order valence-electron chi connectivity index (χ2n) is 7.56. The molecule has 9 N–H and O–H groups in total. The van der Waals surface area contributed by atoms with Crippen LogP contribution in [0, 0.1) is 5.92 Å². The fraction of sp³-hybridized carbons (Fsp3) is 0.789. The second-order valence-corrected chi connectivity index (χ2v) is 7.56. The van der Waals surface area contributed by atoms with Gasteiger partial charge in [0.05, 0.1) is 12.1 Å². The van der Waals surface area contributed by atoms with Gasteiger partial charge < -0.3 is 37.6 Å². The third kappa shape index (κ3) is 9.51. The normalized spacial score (nSPS) is 17.0. The van der Waals surface area contributed by atoms with E-state index in [0.717, 1.165) is 0 Å². The van der Waals surface area contributed by atoms with E-state index in [1.54, 1.807) is 6.92 Å². The van der Waals surface area contributed by atoms with Gasteiger partial charge in [0.1, 0.15) is 18.1 Å². The van der Waals surface area contributed by atoms with Crippen molar-refractivity contribution in [2.45, 2.75) is 83.6 Å². The van der Waals surface area contributed by atoms with Gasteiger partial charge in [-0.2, -0.15) is 0 Å². The molecule has 0 heterocycles. The zero-order valence-electron chi connectivity index (χ0n) is 18.2. The Morgan fingerprint density at radius 2 is 1.43 bits per heavy atom. The first-order valence-electron chi connectivity index (χ1n) is 10.2. The summed E-state index contributed by atoms with van der Waals surface area (Å²) in [4.78, 5) is 48.5. The van der Waals surface area contributed by atoms with Crippen LogP contribution < -0.4 is 27.4 Å². The summed E-state index contributed by atoms with van der Waals surface area (Å²) in [5, 5.41) is 26.2. The maximum absolute atomic E-state index is 12.7. The molecule has 0 saturated carbocycles. The second kappa shape index (κ2) is 13.9. The number of unbranched alkanes of at least 4 members (excludes halogenated alkanes) is 1. The molecular weight excluding hydrogens is 394 g/mol. The van der Waals surface area contributed by atoms with Gasteiger partial charge in [-0.3, -0.25) is 19.2 Å². The van der Waals surface area contributed by atoms with Crippen LogP contribution in [-0.4, -0.2) is 70.7 Å². The number of carbonyl (C=O) groups excluding carboxylic acids is 3. The van der Waals surface area contributed by atoms with Gasteiger partial charge in [-0.1, -0.05) is 26.7 Å². The van der Waals surface area contributed by atoms with E-state index in [1.165, 1.54) is 13.8 Å². The van der Waals surface area contributed by atoms with Crippen LogP contribution in [0.3, 0.4) is 0 Å². The summed E-state index contributed by atoms with van der Waals surface area (Å²) in [5.41, 5.74) is 11.2. The number of carboxylic acid groups (broad SMARTS) is 1. The van der Waals surface area contributed by atoms with Gasteiger partial charge in [-0.25, -0.2) is 0 Å². The lowest BCUT2D eigenvalue weighted by Crippen LogP contribution is -2.60. The molecule has 11 nitrogen and oxygen atoms in total. The van der Waals surface area contributed by atoms with E-state index in [-0.39, 0.29) is 5.92 Å². The number of hydrogen-bond donors (Lipinski definition) is 7. The van der Waals surface area contributed by atoms with Crippen molar-refractivity contribution in [3.8, 4) is 0 Å². The molecule has 6 atom stereocenters. The van der Waals surface area contributed by atoms with Gasteiger partial charge in [0.25, 0.3) is 0 Å². The fourth-order valence-corrected chi connectivity index (χ4v) is 2.62. The average molecular weight is 432 g/mol. The van der Waals surface area contributed by atoms with Gasteiger partial charge >= 0.3 is 5.97 Å². The van der Waals surface area contributed by atoms with E-state index >= 15 is 0 Å². The number of rotatable bonds is 14. The van der Waals surface area contributed by atoms with Gasteiger partial charge in [-0.15, -0.1) is 0 Å². The molecule has 0 aromatic carbocycles. The summed E-state index contributed by atoms with van der Waals surface area (Å²) in [5.74, 6) is -3.57. The number of aliphatic carboxylic acids is 1. The molecule has 0 radical (unpaired) electrons. The Morgan fingerprint density at radius 1 is 0.900 bits per heavy atom. The first-order valence-corrected chi connectivity index (χ1v) is 10.2. The molecule has 3 amide bonds. The van der Waals surface area contributed by atoms with E-state index < -0.39 is 54.0 Å². The molecule has 11 heteroatoms. The lowest BCUT2D eigenvalue weighted by Gasteiger charge is -2.28. The zero-order chi connectivity index (χ0) is 23.4. The SMILES string of the molecule is CCC(C)C(NC(=O)C(NC(=O)C(N)CCCCN)C(C)O)C(=O)NC(C)C(=O)O. The van der Waals surface area contributed by atoms with Gasteiger partial charge in [0, 0.05) is 0 Å². The first-order chi connectivity index (χ1) is 14.0. The number of amides is 3. The largest absolute Gasteiger partial charge is 0.480 e. The summed E-state index contributed by atoms with van der Waals surface area (Å²) in [6.07, 6.45) is 1.01. The van der Waals surface area contributed by atoms with E-state index in [2.05, 4.69) is 16.0 Å². The predicted molar refractivity (Wildman–Crippen MR) is 111 cm³/mol. The smallest absolute Gasteiger partial charge is 0.325 e. The standard InChI is InChI=1S/C19H37N5O6/c1-5-10(2)14(17(27)22-11(3)19(29)30)23-18(28)15(12(4)25)24-16(26)13(21)8-6-7-9-20/h10-15,25H,5-9,20-21H2,1-4H3,(H,22,27)(H,23,28)(H,24,26)(H,29,30). The van der Waals surface area contributed by atoms with Crippen molar-refractivity contribution in [2.75, 3.05) is 6.54 Å². The van der Waals surface area contributed by atoms with Crippen LogP contribution in [0.15, 0.2) is 0 Å². The van der Waals surface area contributed by atoms with Crippen LogP contribution in [0.1, 0.15) is 53.4 Å². The molecule has 6 unspecified atom stereocenters. The Morgan fingerprint density at radius 3 is 1.90 bits per heavy atom. The van der Waals surface area contributed by atoms with Crippen molar-refractivity contribution in [3.63, 3.8) is 0 Å². The number of carboxylic acids is 1. The highest BCUT2D eigenvalue weighted by molar-refractivity contribution is 5.94. The number of nitrogens with two attached hydrogens (primary N) is 2. The van der Waals surface area contributed by atoms with Gasteiger partial charge in [-0.05, 0) is 39.2 Å². The van der Waals surface area contributed by atoms with E-state index in [0.29, 0.717) is 32.2 Å². The van der Waals surface area contributed by atoms with Crippen LogP contribution in [0.25, 0.3) is 0 Å². The lowest BCUT2D eigenvalue weighted by atomic mass is 9.97. The highest BCUT2D eigenvalue weighted by Gasteiger charge is 2.33. The Balaban J connectivity index is 5.22. The summed E-state index contributed by atoms with van der Waals surface area (Å²) in [6, 6.07) is -4.37. The van der Waals surface area contributed by atoms with Crippen LogP contribution in [0.2, 0.25) is 0 Å². The monoisotopic (exact) mass is 431 g/mol. The Bertz CT molecular complexity index is 586. The van der Waals surface area contributed by atoms with Crippen molar-refractivity contribution >= 4 is 23.7 Å². The maximum atomic E-state index is 12.7. The summed E-state index contributed by atoms with van der Waals surface area (Å²) in [6.45, 7) is 6.65. The molecule has 0 saturated heterocycles. The topological polar surface area (TPSA) is 197 Å². The fourth-order valence-electron chi connectivity index (χ4n) is 2.62. The number of nitrogens with one attached hydrogen (secondary N) is 3. The van der Waals surface area contributed by atoms with Crippen molar-refractivity contribution in [2.24, 2.45) is 17.4 Å². The van der Waals surface area contributed by atoms with E-state index in [4.69, 9.17) is 16.6 Å². The summed E-state index contributed by atoms with van der Waals surface area (Å²) >= 11 is 0. The minimum Gasteiger partial charge on any atom is -0.480 e. The Kier molecular flexibility index (Phi) is 12.8. The minimum atomic E-state index is -1.32. The van der Waals surface area contributed by atoms with Gasteiger partial charge in [0.15, 0.2) is 0 Å². The zero-order valence-corrected chi connectivity index (χ0v) is 18.2. The van der Waals surface area contributed by atoms with E-state index in [9.17, 15) is 24.3 Å². The molecule has 0 bridgehead atoms. The van der Waals surface area contributed by atoms with Crippen LogP contribution in [-0.2, 0) is 19.2 Å². The van der Waals surface area contributed by atoms with Crippen LogP contribution in [0.5, 0.6) is 0 Å². The Hall–Kier alpha value is -2.24. The number of aliphatic hydroxyl groups is 1. The molecule has 0 rings (SSSR count). The van der Waals surface area contributed by atoms with Crippen LogP contribution in [0.4, 0.5) is 0 Å². The number of hydrogen-bond acceptors (Lipinski definition) is 7. The van der Waals surface area contributed by atoms with E-state index in [1.807, 2.05) is 6.92 Å². The number of carbonyl (C=O) groups is 4. The molecule has 174 valence electrons. The quantitative estimate of drug-likeness (QED) is 0.160. The average Bonchev–Trinajstić information content (AvgIpc) is 2.68. The molecule has 0 spiro atoms. The molecular formula is C19H37N5O6. The third-order valence-electron chi connectivity index (χ3n) is 4.89. The summed E-state index contributed by atoms with van der Waals surface area (Å²) < 4.78 is 0.